The Hall–Kier alpha value is -2.08. The molecule has 1 rings (SSSR count). The number of ether oxygens (including phenoxy) is 1. The molecule has 0 aliphatic heterocycles. The number of hydrogen-bond donors (Lipinski definition) is 3. The van der Waals surface area contributed by atoms with Crippen LogP contribution in [0, 0.1) is 5.82 Å². The average molecular weight is 238 g/mol. The minimum absolute atomic E-state index is 0.172. The third kappa shape index (κ3) is 3.46. The molecule has 5 N–H and O–H groups in total. The summed E-state index contributed by atoms with van der Waals surface area (Å²) in [6, 6.07) is 4.49. The van der Waals surface area contributed by atoms with Crippen molar-refractivity contribution in [3.8, 4) is 5.75 Å². The van der Waals surface area contributed by atoms with Crippen molar-refractivity contribution < 1.29 is 9.13 Å². The van der Waals surface area contributed by atoms with Gasteiger partial charge in [-0.05, 0) is 30.7 Å². The largest absolute Gasteiger partial charge is 0.494 e. The molecule has 0 saturated heterocycles. The van der Waals surface area contributed by atoms with Gasteiger partial charge in [0, 0.05) is 5.71 Å². The monoisotopic (exact) mass is 238 g/mol. The van der Waals surface area contributed by atoms with Crippen LogP contribution >= 0.6 is 0 Å². The molecule has 0 aliphatic rings. The highest BCUT2D eigenvalue weighted by Gasteiger charge is 2.04. The number of aliphatic imine (C=N–C) groups is 1. The second-order valence-corrected chi connectivity index (χ2v) is 3.29. The van der Waals surface area contributed by atoms with Gasteiger partial charge in [0.25, 0.3) is 0 Å². The zero-order valence-electron chi connectivity index (χ0n) is 9.70. The quantitative estimate of drug-likeness (QED) is 0.412. The Bertz CT molecular complexity index is 457. The standard InChI is InChI=1S/C11H15FN4O/c1-7(15-6-11(13)16-14)8-3-4-9(12)10(5-8)17-2/h3-6,16H,13-14H2,1-2H3/b11-6-,15-7?. The summed E-state index contributed by atoms with van der Waals surface area (Å²) in [5, 5.41) is 0. The number of nitrogens with two attached hydrogens (primary N) is 2. The Labute approximate surface area is 98.9 Å². The van der Waals surface area contributed by atoms with E-state index in [9.17, 15) is 4.39 Å². The lowest BCUT2D eigenvalue weighted by Crippen LogP contribution is -2.26. The Morgan fingerprint density at radius 2 is 2.24 bits per heavy atom. The lowest BCUT2D eigenvalue weighted by molar-refractivity contribution is 0.386. The zero-order valence-corrected chi connectivity index (χ0v) is 9.70. The SMILES string of the molecule is COc1cc(C(C)=N/C=C(/N)NN)ccc1F. The van der Waals surface area contributed by atoms with Crippen LogP contribution in [-0.4, -0.2) is 12.8 Å². The first-order chi connectivity index (χ1) is 8.08. The van der Waals surface area contributed by atoms with Gasteiger partial charge in [-0.25, -0.2) is 10.2 Å². The molecular formula is C11H15FN4O. The Balaban J connectivity index is 3.00. The average Bonchev–Trinajstić information content (AvgIpc) is 2.35. The Kier molecular flexibility index (Phi) is 4.47. The lowest BCUT2D eigenvalue weighted by atomic mass is 10.1. The van der Waals surface area contributed by atoms with Crippen LogP contribution in [0.25, 0.3) is 0 Å². The molecule has 0 radical (unpaired) electrons. The van der Waals surface area contributed by atoms with Crippen molar-refractivity contribution in [3.63, 3.8) is 0 Å². The molecule has 0 atom stereocenters. The third-order valence-corrected chi connectivity index (χ3v) is 2.13. The molecule has 0 fully saturated rings. The van der Waals surface area contributed by atoms with Crippen molar-refractivity contribution in [1.82, 2.24) is 5.43 Å². The van der Waals surface area contributed by atoms with Crippen LogP contribution in [0.2, 0.25) is 0 Å². The van der Waals surface area contributed by atoms with Crippen molar-refractivity contribution in [2.45, 2.75) is 6.92 Å². The first-order valence-electron chi connectivity index (χ1n) is 4.89. The summed E-state index contributed by atoms with van der Waals surface area (Å²) in [6.07, 6.45) is 1.38. The van der Waals surface area contributed by atoms with Crippen LogP contribution in [0.5, 0.6) is 5.75 Å². The maximum Gasteiger partial charge on any atom is 0.165 e. The summed E-state index contributed by atoms with van der Waals surface area (Å²) in [5.41, 5.74) is 9.07. The van der Waals surface area contributed by atoms with E-state index >= 15 is 0 Å². The van der Waals surface area contributed by atoms with E-state index in [0.717, 1.165) is 5.56 Å². The minimum Gasteiger partial charge on any atom is -0.494 e. The Morgan fingerprint density at radius 1 is 1.53 bits per heavy atom. The van der Waals surface area contributed by atoms with Crippen molar-refractivity contribution in [1.29, 1.82) is 0 Å². The molecular weight excluding hydrogens is 223 g/mol. The number of nitrogens with zero attached hydrogens (tertiary/aromatic N) is 1. The number of benzene rings is 1. The highest BCUT2D eigenvalue weighted by atomic mass is 19.1. The number of hydrazine groups is 1. The third-order valence-electron chi connectivity index (χ3n) is 2.13. The molecule has 0 aromatic heterocycles. The molecule has 0 spiro atoms. The van der Waals surface area contributed by atoms with E-state index < -0.39 is 5.82 Å². The van der Waals surface area contributed by atoms with Crippen LogP contribution in [0.15, 0.2) is 35.2 Å². The van der Waals surface area contributed by atoms with E-state index in [0.29, 0.717) is 5.71 Å². The van der Waals surface area contributed by atoms with Crippen molar-refractivity contribution in [2.75, 3.05) is 7.11 Å². The van der Waals surface area contributed by atoms with E-state index in [-0.39, 0.29) is 11.6 Å². The number of halogens is 1. The van der Waals surface area contributed by atoms with E-state index in [1.165, 1.54) is 19.4 Å². The van der Waals surface area contributed by atoms with E-state index in [1.54, 1.807) is 19.1 Å². The fourth-order valence-electron chi connectivity index (χ4n) is 1.16. The van der Waals surface area contributed by atoms with Crippen LogP contribution in [0.3, 0.4) is 0 Å². The lowest BCUT2D eigenvalue weighted by Gasteiger charge is -2.05. The van der Waals surface area contributed by atoms with Gasteiger partial charge < -0.3 is 15.9 Å². The van der Waals surface area contributed by atoms with Crippen LogP contribution < -0.4 is 21.7 Å². The van der Waals surface area contributed by atoms with E-state index in [4.69, 9.17) is 16.3 Å². The van der Waals surface area contributed by atoms with Gasteiger partial charge >= 0.3 is 0 Å². The molecule has 0 bridgehead atoms. The summed E-state index contributed by atoms with van der Waals surface area (Å²) >= 11 is 0. The van der Waals surface area contributed by atoms with Gasteiger partial charge in [0.2, 0.25) is 0 Å². The zero-order chi connectivity index (χ0) is 12.8. The summed E-state index contributed by atoms with van der Waals surface area (Å²) in [5.74, 6) is 5.07. The highest BCUT2D eigenvalue weighted by Crippen LogP contribution is 2.18. The molecule has 92 valence electrons. The predicted molar refractivity (Wildman–Crippen MR) is 64.8 cm³/mol. The molecule has 0 saturated carbocycles. The molecule has 17 heavy (non-hydrogen) atoms. The molecule has 0 unspecified atom stereocenters. The van der Waals surface area contributed by atoms with Gasteiger partial charge in [-0.15, -0.1) is 0 Å². The number of hydrogen-bond acceptors (Lipinski definition) is 5. The maximum atomic E-state index is 13.2. The molecule has 1 aromatic carbocycles. The van der Waals surface area contributed by atoms with E-state index in [1.807, 2.05) is 0 Å². The predicted octanol–water partition coefficient (Wildman–Crippen LogP) is 0.864. The van der Waals surface area contributed by atoms with Crippen molar-refractivity contribution >= 4 is 5.71 Å². The van der Waals surface area contributed by atoms with Crippen LogP contribution in [0.1, 0.15) is 12.5 Å². The molecule has 0 aliphatic carbocycles. The van der Waals surface area contributed by atoms with Crippen molar-refractivity contribution in [2.24, 2.45) is 16.6 Å². The summed E-state index contributed by atoms with van der Waals surface area (Å²) in [4.78, 5) is 4.08. The molecule has 5 nitrogen and oxygen atoms in total. The smallest absolute Gasteiger partial charge is 0.165 e. The summed E-state index contributed by atoms with van der Waals surface area (Å²) in [7, 11) is 1.41. The number of methoxy groups -OCH3 is 1. The molecule has 0 amide bonds. The van der Waals surface area contributed by atoms with Crippen LogP contribution in [-0.2, 0) is 0 Å². The normalized spacial score (nSPS) is 12.5. The van der Waals surface area contributed by atoms with Crippen LogP contribution in [0.4, 0.5) is 4.39 Å². The second-order valence-electron chi connectivity index (χ2n) is 3.29. The van der Waals surface area contributed by atoms with Gasteiger partial charge in [-0.3, -0.25) is 4.99 Å². The minimum atomic E-state index is -0.414. The fourth-order valence-corrected chi connectivity index (χ4v) is 1.16. The maximum absolute atomic E-state index is 13.2. The number of nitrogens with one attached hydrogen (secondary N) is 1. The topological polar surface area (TPSA) is 85.7 Å². The second kappa shape index (κ2) is 5.86. The first kappa shape index (κ1) is 13.0. The molecule has 1 aromatic rings. The van der Waals surface area contributed by atoms with Crippen molar-refractivity contribution in [3.05, 3.63) is 41.6 Å². The van der Waals surface area contributed by atoms with Gasteiger partial charge in [-0.2, -0.15) is 0 Å². The summed E-state index contributed by atoms with van der Waals surface area (Å²) < 4.78 is 18.1. The van der Waals surface area contributed by atoms with E-state index in [2.05, 4.69) is 10.4 Å². The Morgan fingerprint density at radius 3 is 2.82 bits per heavy atom. The fraction of sp³-hybridized carbons (Fsp3) is 0.182. The highest BCUT2D eigenvalue weighted by molar-refractivity contribution is 5.99. The first-order valence-corrected chi connectivity index (χ1v) is 4.89. The van der Waals surface area contributed by atoms with Gasteiger partial charge in [0.15, 0.2) is 11.6 Å². The summed E-state index contributed by atoms with van der Waals surface area (Å²) in [6.45, 7) is 1.77. The van der Waals surface area contributed by atoms with Gasteiger partial charge in [0.05, 0.1) is 13.3 Å². The van der Waals surface area contributed by atoms with Gasteiger partial charge in [-0.1, -0.05) is 0 Å². The number of rotatable bonds is 4. The molecule has 6 heteroatoms. The molecule has 0 heterocycles. The van der Waals surface area contributed by atoms with Gasteiger partial charge in [0.1, 0.15) is 5.82 Å².